The first-order valence-corrected chi connectivity index (χ1v) is 7.06. The Balaban J connectivity index is 1.63. The molecule has 2 rings (SSSR count). The van der Waals surface area contributed by atoms with Crippen molar-refractivity contribution < 1.29 is 0 Å². The zero-order valence-corrected chi connectivity index (χ0v) is 11.6. The third-order valence-corrected chi connectivity index (χ3v) is 3.60. The third kappa shape index (κ3) is 4.39. The van der Waals surface area contributed by atoms with Gasteiger partial charge in [-0.05, 0) is 29.9 Å². The molecule has 3 heteroatoms. The van der Waals surface area contributed by atoms with E-state index < -0.39 is 0 Å². The lowest BCUT2D eigenvalue weighted by atomic mass is 9.92. The van der Waals surface area contributed by atoms with Crippen LogP contribution in [0.15, 0.2) is 24.5 Å². The first kappa shape index (κ1) is 13.5. The molecular formula is C15H25N3. The number of piperidine rings is 1. The summed E-state index contributed by atoms with van der Waals surface area (Å²) < 4.78 is 0. The molecule has 1 aliphatic heterocycles. The van der Waals surface area contributed by atoms with E-state index in [0.29, 0.717) is 0 Å². The van der Waals surface area contributed by atoms with Crippen LogP contribution < -0.4 is 5.32 Å². The highest BCUT2D eigenvalue weighted by molar-refractivity contribution is 5.07. The molecule has 18 heavy (non-hydrogen) atoms. The molecule has 0 radical (unpaired) electrons. The number of nitrogens with zero attached hydrogens (tertiary/aromatic N) is 2. The highest BCUT2D eigenvalue weighted by Crippen LogP contribution is 2.20. The van der Waals surface area contributed by atoms with Crippen molar-refractivity contribution in [3.8, 4) is 0 Å². The molecule has 0 aliphatic carbocycles. The molecule has 1 saturated heterocycles. The maximum Gasteiger partial charge on any atom is 0.0312 e. The fourth-order valence-corrected chi connectivity index (χ4v) is 2.95. The Morgan fingerprint density at radius 3 is 2.78 bits per heavy atom. The average molecular weight is 247 g/mol. The summed E-state index contributed by atoms with van der Waals surface area (Å²) in [5.41, 5.74) is 1.26. The summed E-state index contributed by atoms with van der Waals surface area (Å²) in [7, 11) is 0. The number of pyridine rings is 1. The van der Waals surface area contributed by atoms with Gasteiger partial charge in [-0.1, -0.05) is 19.9 Å². The van der Waals surface area contributed by atoms with Crippen molar-refractivity contribution in [1.29, 1.82) is 0 Å². The number of hydrogen-bond donors (Lipinski definition) is 1. The van der Waals surface area contributed by atoms with Crippen molar-refractivity contribution in [2.75, 3.05) is 26.2 Å². The topological polar surface area (TPSA) is 28.2 Å². The van der Waals surface area contributed by atoms with Gasteiger partial charge in [-0.2, -0.15) is 0 Å². The van der Waals surface area contributed by atoms with Crippen molar-refractivity contribution in [1.82, 2.24) is 15.2 Å². The van der Waals surface area contributed by atoms with E-state index in [-0.39, 0.29) is 0 Å². The lowest BCUT2D eigenvalue weighted by Gasteiger charge is -2.34. The largest absolute Gasteiger partial charge is 0.311 e. The summed E-state index contributed by atoms with van der Waals surface area (Å²) in [6, 6.07) is 4.11. The summed E-state index contributed by atoms with van der Waals surface area (Å²) in [6.45, 7) is 10.4. The van der Waals surface area contributed by atoms with Gasteiger partial charge in [-0.15, -0.1) is 0 Å². The van der Waals surface area contributed by atoms with E-state index in [1.165, 1.54) is 25.1 Å². The molecule has 1 N–H and O–H groups in total. The Labute approximate surface area is 111 Å². The van der Waals surface area contributed by atoms with Crippen LogP contribution in [0.5, 0.6) is 0 Å². The SMILES string of the molecule is CC1CC(C)CN(CCNCc2cccnc2)C1. The molecule has 0 amide bonds. The summed E-state index contributed by atoms with van der Waals surface area (Å²) in [5.74, 6) is 1.71. The molecule has 100 valence electrons. The van der Waals surface area contributed by atoms with E-state index in [1.54, 1.807) is 0 Å². The second-order valence-electron chi connectivity index (χ2n) is 5.74. The second-order valence-corrected chi connectivity index (χ2v) is 5.74. The molecule has 1 aromatic rings. The lowest BCUT2D eigenvalue weighted by molar-refractivity contribution is 0.142. The molecule has 2 atom stereocenters. The molecule has 2 unspecified atom stereocenters. The maximum atomic E-state index is 4.12. The fraction of sp³-hybridized carbons (Fsp3) is 0.667. The van der Waals surface area contributed by atoms with Crippen molar-refractivity contribution in [2.45, 2.75) is 26.8 Å². The van der Waals surface area contributed by atoms with Crippen LogP contribution in [0.1, 0.15) is 25.8 Å². The van der Waals surface area contributed by atoms with Gasteiger partial charge in [0.05, 0.1) is 0 Å². The van der Waals surface area contributed by atoms with Crippen LogP contribution in [-0.2, 0) is 6.54 Å². The summed E-state index contributed by atoms with van der Waals surface area (Å²) in [5, 5.41) is 3.50. The highest BCUT2D eigenvalue weighted by atomic mass is 15.1. The van der Waals surface area contributed by atoms with E-state index in [1.807, 2.05) is 18.5 Å². The van der Waals surface area contributed by atoms with Gasteiger partial charge in [-0.3, -0.25) is 4.98 Å². The fourth-order valence-electron chi connectivity index (χ4n) is 2.95. The van der Waals surface area contributed by atoms with E-state index in [0.717, 1.165) is 31.5 Å². The summed E-state index contributed by atoms with van der Waals surface area (Å²) in [4.78, 5) is 6.72. The van der Waals surface area contributed by atoms with E-state index >= 15 is 0 Å². The molecular weight excluding hydrogens is 222 g/mol. The predicted molar refractivity (Wildman–Crippen MR) is 75.3 cm³/mol. The summed E-state index contributed by atoms with van der Waals surface area (Å²) in [6.07, 6.45) is 5.14. The zero-order valence-electron chi connectivity index (χ0n) is 11.6. The third-order valence-electron chi connectivity index (χ3n) is 3.60. The monoisotopic (exact) mass is 247 g/mol. The minimum absolute atomic E-state index is 0.854. The van der Waals surface area contributed by atoms with E-state index in [4.69, 9.17) is 0 Å². The molecule has 0 aromatic carbocycles. The Kier molecular flexibility index (Phi) is 5.14. The van der Waals surface area contributed by atoms with E-state index in [9.17, 15) is 0 Å². The molecule has 2 heterocycles. The van der Waals surface area contributed by atoms with Gasteiger partial charge in [0, 0.05) is 45.1 Å². The molecule has 0 saturated carbocycles. The van der Waals surface area contributed by atoms with E-state index in [2.05, 4.69) is 35.1 Å². The lowest BCUT2D eigenvalue weighted by Crippen LogP contribution is -2.41. The van der Waals surface area contributed by atoms with Gasteiger partial charge in [0.1, 0.15) is 0 Å². The van der Waals surface area contributed by atoms with Crippen molar-refractivity contribution >= 4 is 0 Å². The molecule has 0 bridgehead atoms. The molecule has 1 aliphatic rings. The van der Waals surface area contributed by atoms with Gasteiger partial charge in [0.2, 0.25) is 0 Å². The zero-order chi connectivity index (χ0) is 12.8. The smallest absolute Gasteiger partial charge is 0.0312 e. The van der Waals surface area contributed by atoms with Crippen LogP contribution in [0.4, 0.5) is 0 Å². The Morgan fingerprint density at radius 2 is 2.11 bits per heavy atom. The van der Waals surface area contributed by atoms with Crippen LogP contribution in [0.3, 0.4) is 0 Å². The number of rotatable bonds is 5. The number of nitrogens with one attached hydrogen (secondary N) is 1. The van der Waals surface area contributed by atoms with Crippen LogP contribution >= 0.6 is 0 Å². The maximum absolute atomic E-state index is 4.12. The predicted octanol–water partition coefficient (Wildman–Crippen LogP) is 2.15. The van der Waals surface area contributed by atoms with Gasteiger partial charge >= 0.3 is 0 Å². The average Bonchev–Trinajstić information content (AvgIpc) is 2.35. The standard InChI is InChI=1S/C15H25N3/c1-13-8-14(2)12-18(11-13)7-6-17-10-15-4-3-5-16-9-15/h3-5,9,13-14,17H,6-8,10-12H2,1-2H3. The summed E-state index contributed by atoms with van der Waals surface area (Å²) >= 11 is 0. The van der Waals surface area contributed by atoms with Crippen molar-refractivity contribution in [3.05, 3.63) is 30.1 Å². The van der Waals surface area contributed by atoms with Crippen molar-refractivity contribution in [3.63, 3.8) is 0 Å². The molecule has 0 spiro atoms. The van der Waals surface area contributed by atoms with Gasteiger partial charge in [0.15, 0.2) is 0 Å². The Bertz CT molecular complexity index is 329. The first-order valence-electron chi connectivity index (χ1n) is 7.06. The van der Waals surface area contributed by atoms with Crippen molar-refractivity contribution in [2.24, 2.45) is 11.8 Å². The Hall–Kier alpha value is -0.930. The van der Waals surface area contributed by atoms with Crippen LogP contribution in [0, 0.1) is 11.8 Å². The van der Waals surface area contributed by atoms with Crippen LogP contribution in [0.2, 0.25) is 0 Å². The number of aromatic nitrogens is 1. The molecule has 1 fully saturated rings. The normalized spacial score (nSPS) is 25.2. The van der Waals surface area contributed by atoms with Gasteiger partial charge < -0.3 is 10.2 Å². The highest BCUT2D eigenvalue weighted by Gasteiger charge is 2.20. The van der Waals surface area contributed by atoms with Gasteiger partial charge in [-0.25, -0.2) is 0 Å². The number of likely N-dealkylation sites (tertiary alicyclic amines) is 1. The first-order chi connectivity index (χ1) is 8.74. The minimum atomic E-state index is 0.854. The molecule has 1 aromatic heterocycles. The minimum Gasteiger partial charge on any atom is -0.311 e. The molecule has 3 nitrogen and oxygen atoms in total. The van der Waals surface area contributed by atoms with Gasteiger partial charge in [0.25, 0.3) is 0 Å². The van der Waals surface area contributed by atoms with Crippen LogP contribution in [-0.4, -0.2) is 36.1 Å². The second kappa shape index (κ2) is 6.86. The Morgan fingerprint density at radius 1 is 1.33 bits per heavy atom. The quantitative estimate of drug-likeness (QED) is 0.808. The number of hydrogen-bond acceptors (Lipinski definition) is 3. The van der Waals surface area contributed by atoms with Crippen LogP contribution in [0.25, 0.3) is 0 Å².